The number of ketones is 1. The molecule has 1 heterocycles. The summed E-state index contributed by atoms with van der Waals surface area (Å²) in [5.74, 6) is -1.78. The Balaban J connectivity index is 2.17. The molecule has 19 heavy (non-hydrogen) atoms. The van der Waals surface area contributed by atoms with Gasteiger partial charge in [0.2, 0.25) is 0 Å². The Morgan fingerprint density at radius 2 is 2.21 bits per heavy atom. The van der Waals surface area contributed by atoms with Crippen molar-refractivity contribution in [2.75, 3.05) is 13.1 Å². The van der Waals surface area contributed by atoms with Crippen LogP contribution >= 0.6 is 0 Å². The summed E-state index contributed by atoms with van der Waals surface area (Å²) in [6, 6.07) is 4.00. The van der Waals surface area contributed by atoms with Crippen molar-refractivity contribution in [3.8, 4) is 0 Å². The number of benzene rings is 1. The molecule has 1 saturated heterocycles. The number of carbonyl (C=O) groups is 1. The van der Waals surface area contributed by atoms with E-state index in [4.69, 9.17) is 0 Å². The third-order valence-electron chi connectivity index (χ3n) is 4.12. The van der Waals surface area contributed by atoms with Crippen molar-refractivity contribution < 1.29 is 13.6 Å². The molecule has 1 aliphatic rings. The summed E-state index contributed by atoms with van der Waals surface area (Å²) in [6.07, 6.45) is 2.48. The van der Waals surface area contributed by atoms with E-state index >= 15 is 0 Å². The van der Waals surface area contributed by atoms with Gasteiger partial charge >= 0.3 is 0 Å². The van der Waals surface area contributed by atoms with Crippen LogP contribution in [0.15, 0.2) is 18.2 Å². The Labute approximate surface area is 112 Å². The minimum Gasteiger partial charge on any atom is -0.316 e. The zero-order valence-electron chi connectivity index (χ0n) is 11.1. The largest absolute Gasteiger partial charge is 0.316 e. The summed E-state index contributed by atoms with van der Waals surface area (Å²) >= 11 is 0. The molecule has 2 rings (SSSR count). The summed E-state index contributed by atoms with van der Waals surface area (Å²) in [7, 11) is 0. The fourth-order valence-corrected chi connectivity index (χ4v) is 2.75. The highest BCUT2D eigenvalue weighted by Crippen LogP contribution is 2.32. The molecule has 0 aromatic heterocycles. The highest BCUT2D eigenvalue weighted by Gasteiger charge is 2.37. The second-order valence-electron chi connectivity index (χ2n) is 5.23. The third kappa shape index (κ3) is 2.84. The van der Waals surface area contributed by atoms with Crippen LogP contribution in [0, 0.1) is 17.0 Å². The van der Waals surface area contributed by atoms with Gasteiger partial charge in [0.25, 0.3) is 0 Å². The number of hydrogen-bond acceptors (Lipinski definition) is 2. The summed E-state index contributed by atoms with van der Waals surface area (Å²) in [4.78, 5) is 12.5. The lowest BCUT2D eigenvalue weighted by atomic mass is 9.73. The van der Waals surface area contributed by atoms with Crippen LogP contribution in [0.2, 0.25) is 0 Å². The molecule has 0 radical (unpaired) electrons. The zero-order valence-corrected chi connectivity index (χ0v) is 11.1. The Morgan fingerprint density at radius 3 is 2.84 bits per heavy atom. The summed E-state index contributed by atoms with van der Waals surface area (Å²) < 4.78 is 26.8. The Bertz CT molecular complexity index is 467. The molecular weight excluding hydrogens is 248 g/mol. The van der Waals surface area contributed by atoms with Crippen molar-refractivity contribution in [3.05, 3.63) is 35.4 Å². The lowest BCUT2D eigenvalue weighted by Crippen LogP contribution is -2.45. The van der Waals surface area contributed by atoms with Crippen molar-refractivity contribution in [1.82, 2.24) is 5.32 Å². The Kier molecular flexibility index (Phi) is 4.30. The van der Waals surface area contributed by atoms with E-state index in [1.54, 1.807) is 0 Å². The maximum Gasteiger partial charge on any atom is 0.162 e. The highest BCUT2D eigenvalue weighted by molar-refractivity contribution is 5.87. The molecule has 1 aromatic rings. The van der Waals surface area contributed by atoms with Crippen molar-refractivity contribution in [1.29, 1.82) is 0 Å². The van der Waals surface area contributed by atoms with Gasteiger partial charge in [-0.1, -0.05) is 19.1 Å². The first kappa shape index (κ1) is 14.1. The topological polar surface area (TPSA) is 29.1 Å². The number of carbonyl (C=O) groups excluding carboxylic acids is 1. The predicted molar refractivity (Wildman–Crippen MR) is 69.9 cm³/mol. The van der Waals surface area contributed by atoms with Gasteiger partial charge in [-0.3, -0.25) is 4.79 Å². The van der Waals surface area contributed by atoms with E-state index in [0.717, 1.165) is 31.9 Å². The first-order valence-corrected chi connectivity index (χ1v) is 6.76. The van der Waals surface area contributed by atoms with Crippen molar-refractivity contribution in [2.45, 2.75) is 32.6 Å². The second kappa shape index (κ2) is 5.78. The van der Waals surface area contributed by atoms with Crippen LogP contribution in [-0.2, 0) is 11.2 Å². The highest BCUT2D eigenvalue weighted by atomic mass is 19.2. The fraction of sp³-hybridized carbons (Fsp3) is 0.533. The molecule has 1 atom stereocenters. The standard InChI is InChI=1S/C15H19F2NO/c1-2-15(7-4-8-18-10-15)13(19)9-11-5-3-6-12(16)14(11)17/h3,5-6,18H,2,4,7-10H2,1H3. The molecule has 1 fully saturated rings. The lowest BCUT2D eigenvalue weighted by molar-refractivity contribution is -0.129. The Hall–Kier alpha value is -1.29. The van der Waals surface area contributed by atoms with Gasteiger partial charge in [0.1, 0.15) is 5.78 Å². The SMILES string of the molecule is CCC1(C(=O)Cc2cccc(F)c2F)CCCNC1. The van der Waals surface area contributed by atoms with Gasteiger partial charge in [-0.25, -0.2) is 8.78 Å². The van der Waals surface area contributed by atoms with Gasteiger partial charge in [-0.15, -0.1) is 0 Å². The third-order valence-corrected chi connectivity index (χ3v) is 4.12. The molecule has 1 N–H and O–H groups in total. The van der Waals surface area contributed by atoms with Crippen molar-refractivity contribution >= 4 is 5.78 Å². The van der Waals surface area contributed by atoms with Crippen LogP contribution in [0.1, 0.15) is 31.7 Å². The smallest absolute Gasteiger partial charge is 0.162 e. The van der Waals surface area contributed by atoms with Crippen LogP contribution in [0.3, 0.4) is 0 Å². The molecule has 1 unspecified atom stereocenters. The van der Waals surface area contributed by atoms with Gasteiger partial charge in [-0.2, -0.15) is 0 Å². The fourth-order valence-electron chi connectivity index (χ4n) is 2.75. The van der Waals surface area contributed by atoms with Crippen LogP contribution in [-0.4, -0.2) is 18.9 Å². The van der Waals surface area contributed by atoms with E-state index in [2.05, 4.69) is 5.32 Å². The zero-order chi connectivity index (χ0) is 13.9. The summed E-state index contributed by atoms with van der Waals surface area (Å²) in [6.45, 7) is 3.54. The van der Waals surface area contributed by atoms with E-state index in [-0.39, 0.29) is 17.8 Å². The van der Waals surface area contributed by atoms with Gasteiger partial charge < -0.3 is 5.32 Å². The van der Waals surface area contributed by atoms with Gasteiger partial charge in [-0.05, 0) is 37.4 Å². The molecule has 0 amide bonds. The van der Waals surface area contributed by atoms with Crippen LogP contribution in [0.25, 0.3) is 0 Å². The van der Waals surface area contributed by atoms with E-state index in [0.29, 0.717) is 6.54 Å². The summed E-state index contributed by atoms with van der Waals surface area (Å²) in [5, 5.41) is 3.23. The number of halogens is 2. The number of Topliss-reactive ketones (excluding diaryl/α,β-unsaturated/α-hetero) is 1. The average molecular weight is 267 g/mol. The van der Waals surface area contributed by atoms with Gasteiger partial charge in [0.15, 0.2) is 11.6 Å². The first-order chi connectivity index (χ1) is 9.09. The molecule has 104 valence electrons. The molecule has 1 aromatic carbocycles. The monoisotopic (exact) mass is 267 g/mol. The van der Waals surface area contributed by atoms with Crippen LogP contribution < -0.4 is 5.32 Å². The van der Waals surface area contributed by atoms with Gasteiger partial charge in [0.05, 0.1) is 0 Å². The van der Waals surface area contributed by atoms with Crippen molar-refractivity contribution in [2.24, 2.45) is 5.41 Å². The molecule has 0 saturated carbocycles. The number of nitrogens with one attached hydrogen (secondary N) is 1. The molecular formula is C15H19F2NO. The molecule has 0 spiro atoms. The molecule has 1 aliphatic heterocycles. The number of hydrogen-bond donors (Lipinski definition) is 1. The van der Waals surface area contributed by atoms with E-state index < -0.39 is 17.0 Å². The van der Waals surface area contributed by atoms with Crippen LogP contribution in [0.4, 0.5) is 8.78 Å². The normalized spacial score (nSPS) is 23.3. The summed E-state index contributed by atoms with van der Waals surface area (Å²) in [5.41, 5.74) is -0.264. The maximum atomic E-state index is 13.6. The minimum absolute atomic E-state index is 0.00620. The molecule has 4 heteroatoms. The van der Waals surface area contributed by atoms with Crippen molar-refractivity contribution in [3.63, 3.8) is 0 Å². The van der Waals surface area contributed by atoms with E-state index in [1.807, 2.05) is 6.92 Å². The maximum absolute atomic E-state index is 13.6. The van der Waals surface area contributed by atoms with Gasteiger partial charge in [0, 0.05) is 18.4 Å². The average Bonchev–Trinajstić information content (AvgIpc) is 2.44. The predicted octanol–water partition coefficient (Wildman–Crippen LogP) is 2.86. The van der Waals surface area contributed by atoms with E-state index in [9.17, 15) is 13.6 Å². The number of rotatable bonds is 4. The van der Waals surface area contributed by atoms with E-state index in [1.165, 1.54) is 12.1 Å². The number of piperidine rings is 1. The molecule has 0 bridgehead atoms. The first-order valence-electron chi connectivity index (χ1n) is 6.76. The second-order valence-corrected chi connectivity index (χ2v) is 5.23. The van der Waals surface area contributed by atoms with Crippen LogP contribution in [0.5, 0.6) is 0 Å². The quantitative estimate of drug-likeness (QED) is 0.909. The minimum atomic E-state index is -0.897. The lowest BCUT2D eigenvalue weighted by Gasteiger charge is -2.35. The Morgan fingerprint density at radius 1 is 1.42 bits per heavy atom. The molecule has 0 aliphatic carbocycles. The molecule has 2 nitrogen and oxygen atoms in total.